The number of ether oxygens (including phenoxy) is 2. The molecule has 0 aliphatic carbocycles. The maximum absolute atomic E-state index is 10.6. The maximum atomic E-state index is 10.6. The van der Waals surface area contributed by atoms with Gasteiger partial charge in [-0.2, -0.15) is 0 Å². The van der Waals surface area contributed by atoms with Crippen LogP contribution in [0.2, 0.25) is 0 Å². The van der Waals surface area contributed by atoms with Crippen molar-refractivity contribution < 1.29 is 14.6 Å². The predicted octanol–water partition coefficient (Wildman–Crippen LogP) is 2.39. The zero-order valence-corrected chi connectivity index (χ0v) is 16.7. The zero-order chi connectivity index (χ0) is 18.7. The van der Waals surface area contributed by atoms with Crippen LogP contribution in [0.25, 0.3) is 0 Å². The number of nitrogens with zero attached hydrogens (tertiary/aromatic N) is 2. The molecule has 3 rings (SSSR count). The van der Waals surface area contributed by atoms with Gasteiger partial charge in [-0.25, -0.2) is 0 Å². The van der Waals surface area contributed by atoms with Crippen LogP contribution in [0.4, 0.5) is 0 Å². The van der Waals surface area contributed by atoms with E-state index in [0.29, 0.717) is 12.5 Å². The molecule has 5 nitrogen and oxygen atoms in total. The number of benzene rings is 1. The number of aryl methyl sites for hydroxylation is 1. The van der Waals surface area contributed by atoms with Crippen LogP contribution in [0, 0.1) is 6.92 Å². The van der Waals surface area contributed by atoms with Gasteiger partial charge in [0.15, 0.2) is 0 Å². The van der Waals surface area contributed by atoms with Gasteiger partial charge in [0.1, 0.15) is 5.75 Å². The first-order valence-electron chi connectivity index (χ1n) is 9.98. The van der Waals surface area contributed by atoms with Crippen LogP contribution in [0.1, 0.15) is 43.4 Å². The second kappa shape index (κ2) is 8.70. The van der Waals surface area contributed by atoms with E-state index in [2.05, 4.69) is 42.7 Å². The van der Waals surface area contributed by atoms with Crippen LogP contribution >= 0.6 is 0 Å². The molecule has 26 heavy (non-hydrogen) atoms. The Kier molecular flexibility index (Phi) is 6.56. The highest BCUT2D eigenvalue weighted by atomic mass is 16.5. The largest absolute Gasteiger partial charge is 0.494 e. The molecule has 0 bridgehead atoms. The Bertz CT molecular complexity index is 599. The first kappa shape index (κ1) is 19.6. The van der Waals surface area contributed by atoms with E-state index in [4.69, 9.17) is 9.47 Å². The van der Waals surface area contributed by atoms with Crippen molar-refractivity contribution in [3.05, 3.63) is 28.8 Å². The first-order chi connectivity index (χ1) is 12.5. The van der Waals surface area contributed by atoms with Crippen molar-refractivity contribution in [2.24, 2.45) is 0 Å². The molecule has 0 amide bonds. The van der Waals surface area contributed by atoms with Crippen molar-refractivity contribution in [3.63, 3.8) is 0 Å². The molecule has 2 aliphatic heterocycles. The van der Waals surface area contributed by atoms with E-state index in [1.54, 1.807) is 0 Å². The number of hydrogen-bond donors (Lipinski definition) is 1. The monoisotopic (exact) mass is 362 g/mol. The van der Waals surface area contributed by atoms with E-state index in [9.17, 15) is 5.11 Å². The van der Waals surface area contributed by atoms with E-state index in [1.165, 1.54) is 16.7 Å². The Morgan fingerprint density at radius 2 is 1.96 bits per heavy atom. The van der Waals surface area contributed by atoms with Crippen LogP contribution in [-0.4, -0.2) is 73.1 Å². The van der Waals surface area contributed by atoms with E-state index >= 15 is 0 Å². The van der Waals surface area contributed by atoms with Gasteiger partial charge in [0.2, 0.25) is 0 Å². The maximum Gasteiger partial charge on any atom is 0.123 e. The highest BCUT2D eigenvalue weighted by Crippen LogP contribution is 2.31. The molecule has 2 heterocycles. The van der Waals surface area contributed by atoms with Crippen LogP contribution < -0.4 is 4.74 Å². The quantitative estimate of drug-likeness (QED) is 0.842. The Labute approximate surface area is 157 Å². The molecule has 146 valence electrons. The summed E-state index contributed by atoms with van der Waals surface area (Å²) in [5.74, 6) is 1.44. The van der Waals surface area contributed by atoms with Gasteiger partial charge < -0.3 is 14.6 Å². The molecule has 0 unspecified atom stereocenters. The molecule has 2 aliphatic rings. The second-order valence-electron chi connectivity index (χ2n) is 7.88. The van der Waals surface area contributed by atoms with Gasteiger partial charge in [0, 0.05) is 38.8 Å². The molecule has 1 N–H and O–H groups in total. The van der Waals surface area contributed by atoms with Crippen molar-refractivity contribution in [3.8, 4) is 5.75 Å². The molecule has 2 saturated heterocycles. The third-order valence-corrected chi connectivity index (χ3v) is 5.63. The molecule has 0 saturated carbocycles. The van der Waals surface area contributed by atoms with Crippen LogP contribution in [0.3, 0.4) is 0 Å². The van der Waals surface area contributed by atoms with Crippen LogP contribution in [0.5, 0.6) is 5.75 Å². The summed E-state index contributed by atoms with van der Waals surface area (Å²) in [5.41, 5.74) is 3.88. The van der Waals surface area contributed by atoms with Crippen LogP contribution in [-0.2, 0) is 11.3 Å². The highest BCUT2D eigenvalue weighted by Gasteiger charge is 2.36. The third kappa shape index (κ3) is 4.39. The minimum absolute atomic E-state index is 0.228. The van der Waals surface area contributed by atoms with Gasteiger partial charge in [0.25, 0.3) is 0 Å². The fraction of sp³-hybridized carbons (Fsp3) is 0.714. The van der Waals surface area contributed by atoms with Gasteiger partial charge in [-0.3, -0.25) is 9.80 Å². The number of β-amino-alcohol motifs (C(OH)–C–C–N with tert-alkyl or cyclic N) is 1. The lowest BCUT2D eigenvalue weighted by Gasteiger charge is -2.33. The average Bonchev–Trinajstić information content (AvgIpc) is 2.98. The van der Waals surface area contributed by atoms with Gasteiger partial charge in [0.05, 0.1) is 25.9 Å². The summed E-state index contributed by atoms with van der Waals surface area (Å²) in [5, 5.41) is 10.6. The van der Waals surface area contributed by atoms with Gasteiger partial charge in [-0.15, -0.1) is 0 Å². The minimum Gasteiger partial charge on any atom is -0.494 e. The molecular formula is C21H34N2O3. The van der Waals surface area contributed by atoms with Gasteiger partial charge in [-0.1, -0.05) is 19.9 Å². The average molecular weight is 363 g/mol. The Morgan fingerprint density at radius 1 is 1.23 bits per heavy atom. The first-order valence-corrected chi connectivity index (χ1v) is 9.98. The molecule has 0 spiro atoms. The van der Waals surface area contributed by atoms with E-state index in [0.717, 1.165) is 51.7 Å². The number of morpholine rings is 1. The Morgan fingerprint density at radius 3 is 2.62 bits per heavy atom. The summed E-state index contributed by atoms with van der Waals surface area (Å²) in [6.07, 6.45) is -0.277. The SMILES string of the molecule is CCOc1cc(C)c(CN2C[C@@H](O)[C@H](N3CCOCC3)C2)cc1C(C)C. The lowest BCUT2D eigenvalue weighted by molar-refractivity contribution is -0.00618. The number of aliphatic hydroxyl groups excluding tert-OH is 1. The molecular weight excluding hydrogens is 328 g/mol. The molecule has 0 radical (unpaired) electrons. The van der Waals surface area contributed by atoms with Crippen molar-refractivity contribution in [2.45, 2.75) is 52.3 Å². The molecule has 2 fully saturated rings. The lowest BCUT2D eigenvalue weighted by atomic mass is 9.96. The molecule has 0 aromatic heterocycles. The number of hydrogen-bond acceptors (Lipinski definition) is 5. The molecule has 1 aromatic carbocycles. The summed E-state index contributed by atoms with van der Waals surface area (Å²) >= 11 is 0. The summed E-state index contributed by atoms with van der Waals surface area (Å²) in [6.45, 7) is 15.3. The normalized spacial score (nSPS) is 25.2. The van der Waals surface area contributed by atoms with E-state index < -0.39 is 0 Å². The molecule has 2 atom stereocenters. The standard InChI is InChI=1S/C21H34N2O3/c1-5-26-21-10-16(4)17(11-18(21)15(2)3)12-22-13-19(20(24)14-22)23-6-8-25-9-7-23/h10-11,15,19-20,24H,5-9,12-14H2,1-4H3/t19-,20-/m1/s1. The lowest BCUT2D eigenvalue weighted by Crippen LogP contribution is -2.48. The number of aliphatic hydroxyl groups is 1. The predicted molar refractivity (Wildman–Crippen MR) is 104 cm³/mol. The topological polar surface area (TPSA) is 45.2 Å². The van der Waals surface area contributed by atoms with Crippen molar-refractivity contribution >= 4 is 0 Å². The minimum atomic E-state index is -0.277. The fourth-order valence-electron chi connectivity index (χ4n) is 4.13. The summed E-state index contributed by atoms with van der Waals surface area (Å²) in [7, 11) is 0. The van der Waals surface area contributed by atoms with E-state index in [1.807, 2.05) is 6.92 Å². The Hall–Kier alpha value is -1.14. The highest BCUT2D eigenvalue weighted by molar-refractivity contribution is 5.44. The smallest absolute Gasteiger partial charge is 0.123 e. The summed E-state index contributed by atoms with van der Waals surface area (Å²) in [4.78, 5) is 4.77. The summed E-state index contributed by atoms with van der Waals surface area (Å²) < 4.78 is 11.3. The fourth-order valence-corrected chi connectivity index (χ4v) is 4.13. The van der Waals surface area contributed by atoms with Gasteiger partial charge >= 0.3 is 0 Å². The number of rotatable bonds is 6. The van der Waals surface area contributed by atoms with Crippen molar-refractivity contribution in [1.29, 1.82) is 0 Å². The van der Waals surface area contributed by atoms with Gasteiger partial charge in [-0.05, 0) is 42.5 Å². The third-order valence-electron chi connectivity index (χ3n) is 5.63. The molecule has 5 heteroatoms. The van der Waals surface area contributed by atoms with Crippen LogP contribution in [0.15, 0.2) is 12.1 Å². The zero-order valence-electron chi connectivity index (χ0n) is 16.7. The Balaban J connectivity index is 1.71. The molecule has 1 aromatic rings. The van der Waals surface area contributed by atoms with Crippen molar-refractivity contribution in [2.75, 3.05) is 46.0 Å². The van der Waals surface area contributed by atoms with E-state index in [-0.39, 0.29) is 12.1 Å². The number of likely N-dealkylation sites (tertiary alicyclic amines) is 1. The van der Waals surface area contributed by atoms with Crippen molar-refractivity contribution in [1.82, 2.24) is 9.80 Å². The second-order valence-corrected chi connectivity index (χ2v) is 7.88. The summed E-state index contributed by atoms with van der Waals surface area (Å²) in [6, 6.07) is 4.71.